The molecular weight excluding hydrogens is 343 g/mol. The van der Waals surface area contributed by atoms with Crippen LogP contribution in [0.15, 0.2) is 49.1 Å². The zero-order valence-corrected chi connectivity index (χ0v) is 13.9. The second-order valence-corrected chi connectivity index (χ2v) is 5.81. The molecule has 1 aromatic carbocycles. The summed E-state index contributed by atoms with van der Waals surface area (Å²) in [5.41, 5.74) is 1.69. The number of rotatable bonds is 3. The van der Waals surface area contributed by atoms with Gasteiger partial charge in [0.15, 0.2) is 0 Å². The molecule has 0 saturated carbocycles. The Balaban J connectivity index is 1.82. The molecular formula is C17H12ClFN6. The normalized spacial score (nSPS) is 11.0. The van der Waals surface area contributed by atoms with E-state index in [1.54, 1.807) is 36.7 Å². The third kappa shape index (κ3) is 2.89. The number of benzene rings is 1. The van der Waals surface area contributed by atoms with Gasteiger partial charge in [-0.05, 0) is 25.1 Å². The summed E-state index contributed by atoms with van der Waals surface area (Å²) in [4.78, 5) is 12.6. The number of anilines is 2. The molecule has 0 radical (unpaired) electrons. The van der Waals surface area contributed by atoms with Crippen molar-refractivity contribution in [2.45, 2.75) is 6.92 Å². The van der Waals surface area contributed by atoms with E-state index in [9.17, 15) is 4.39 Å². The lowest BCUT2D eigenvalue weighted by Gasteiger charge is -2.05. The minimum Gasteiger partial charge on any atom is -0.324 e. The Morgan fingerprint density at radius 2 is 2.04 bits per heavy atom. The molecule has 25 heavy (non-hydrogen) atoms. The van der Waals surface area contributed by atoms with Crippen molar-refractivity contribution in [3.63, 3.8) is 0 Å². The van der Waals surface area contributed by atoms with Gasteiger partial charge in [0, 0.05) is 24.2 Å². The standard InChI is InChI=1S/C17H12ClFN6/c1-10-7-15(22-9-21-10)23-17-11-8-25(24-14(11)5-6-20-17)16-12(18)3-2-4-13(16)19/h2-9H,1H3,(H,20,21,22,23). The SMILES string of the molecule is Cc1cc(Nc2nccc3nn(-c4c(F)cccc4Cl)cc23)ncn1. The third-order valence-electron chi connectivity index (χ3n) is 3.65. The van der Waals surface area contributed by atoms with Gasteiger partial charge in [-0.2, -0.15) is 5.10 Å². The molecule has 0 aliphatic rings. The van der Waals surface area contributed by atoms with E-state index < -0.39 is 5.82 Å². The monoisotopic (exact) mass is 354 g/mol. The summed E-state index contributed by atoms with van der Waals surface area (Å²) in [6.07, 6.45) is 4.78. The maximum Gasteiger partial charge on any atom is 0.150 e. The number of fused-ring (bicyclic) bond motifs is 1. The van der Waals surface area contributed by atoms with Crippen LogP contribution in [-0.2, 0) is 0 Å². The molecule has 0 spiro atoms. The number of pyridine rings is 1. The largest absolute Gasteiger partial charge is 0.324 e. The summed E-state index contributed by atoms with van der Waals surface area (Å²) in [5, 5.41) is 8.54. The van der Waals surface area contributed by atoms with Gasteiger partial charge < -0.3 is 5.32 Å². The Morgan fingerprint density at radius 1 is 1.16 bits per heavy atom. The number of para-hydroxylation sites is 1. The van der Waals surface area contributed by atoms with E-state index >= 15 is 0 Å². The highest BCUT2D eigenvalue weighted by molar-refractivity contribution is 6.32. The molecule has 0 aliphatic carbocycles. The number of hydrogen-bond donors (Lipinski definition) is 1. The maximum atomic E-state index is 14.2. The van der Waals surface area contributed by atoms with Gasteiger partial charge in [0.2, 0.25) is 0 Å². The van der Waals surface area contributed by atoms with Gasteiger partial charge in [0.25, 0.3) is 0 Å². The lowest BCUT2D eigenvalue weighted by molar-refractivity contribution is 0.612. The van der Waals surface area contributed by atoms with Crippen molar-refractivity contribution in [3.05, 3.63) is 65.6 Å². The number of nitrogens with one attached hydrogen (secondary N) is 1. The first-order chi connectivity index (χ1) is 12.1. The topological polar surface area (TPSA) is 68.5 Å². The van der Waals surface area contributed by atoms with Crippen molar-refractivity contribution in [1.29, 1.82) is 0 Å². The first kappa shape index (κ1) is 15.5. The van der Waals surface area contributed by atoms with Crippen molar-refractivity contribution in [2.75, 3.05) is 5.32 Å². The average Bonchev–Trinajstić information content (AvgIpc) is 2.99. The van der Waals surface area contributed by atoms with Gasteiger partial charge in [-0.1, -0.05) is 17.7 Å². The highest BCUT2D eigenvalue weighted by atomic mass is 35.5. The molecule has 0 amide bonds. The Bertz CT molecular complexity index is 1060. The van der Waals surface area contributed by atoms with Gasteiger partial charge in [-0.25, -0.2) is 24.0 Å². The van der Waals surface area contributed by atoms with Gasteiger partial charge in [0.05, 0.1) is 15.9 Å². The van der Waals surface area contributed by atoms with Crippen LogP contribution >= 0.6 is 11.6 Å². The number of aryl methyl sites for hydroxylation is 1. The first-order valence-corrected chi connectivity index (χ1v) is 7.84. The Hall–Kier alpha value is -3.06. The molecule has 124 valence electrons. The molecule has 0 saturated heterocycles. The van der Waals surface area contributed by atoms with E-state index in [0.29, 0.717) is 17.2 Å². The van der Waals surface area contributed by atoms with E-state index in [-0.39, 0.29) is 10.7 Å². The third-order valence-corrected chi connectivity index (χ3v) is 3.96. The van der Waals surface area contributed by atoms with Crippen molar-refractivity contribution < 1.29 is 4.39 Å². The van der Waals surface area contributed by atoms with Gasteiger partial charge in [0.1, 0.15) is 29.5 Å². The fraction of sp³-hybridized carbons (Fsp3) is 0.0588. The molecule has 0 bridgehead atoms. The van der Waals surface area contributed by atoms with Crippen molar-refractivity contribution in [2.24, 2.45) is 0 Å². The van der Waals surface area contributed by atoms with Crippen LogP contribution in [0.5, 0.6) is 0 Å². The minimum atomic E-state index is -0.450. The molecule has 3 heterocycles. The second kappa shape index (κ2) is 6.10. The Labute approximate surface area is 147 Å². The molecule has 1 N–H and O–H groups in total. The fourth-order valence-corrected chi connectivity index (χ4v) is 2.76. The van der Waals surface area contributed by atoms with Crippen LogP contribution in [0.2, 0.25) is 5.02 Å². The van der Waals surface area contributed by atoms with E-state index in [2.05, 4.69) is 25.4 Å². The van der Waals surface area contributed by atoms with Crippen molar-refractivity contribution in [3.8, 4) is 5.69 Å². The number of hydrogen-bond acceptors (Lipinski definition) is 5. The summed E-state index contributed by atoms with van der Waals surface area (Å²) in [6.45, 7) is 1.87. The lowest BCUT2D eigenvalue weighted by atomic mass is 10.3. The van der Waals surface area contributed by atoms with Gasteiger partial charge >= 0.3 is 0 Å². The minimum absolute atomic E-state index is 0.198. The predicted octanol–water partition coefficient (Wildman–Crippen LogP) is 4.06. The predicted molar refractivity (Wildman–Crippen MR) is 93.9 cm³/mol. The Kier molecular flexibility index (Phi) is 3.77. The zero-order valence-electron chi connectivity index (χ0n) is 13.1. The molecule has 4 aromatic rings. The quantitative estimate of drug-likeness (QED) is 0.601. The lowest BCUT2D eigenvalue weighted by Crippen LogP contribution is -1.99. The summed E-state index contributed by atoms with van der Waals surface area (Å²) in [6, 6.07) is 8.06. The highest BCUT2D eigenvalue weighted by Crippen LogP contribution is 2.28. The van der Waals surface area contributed by atoms with Crippen molar-refractivity contribution in [1.82, 2.24) is 24.7 Å². The first-order valence-electron chi connectivity index (χ1n) is 7.46. The average molecular weight is 355 g/mol. The molecule has 0 aliphatic heterocycles. The number of aromatic nitrogens is 5. The summed E-state index contributed by atoms with van der Waals surface area (Å²) in [7, 11) is 0. The van der Waals surface area contributed by atoms with E-state index in [0.717, 1.165) is 11.1 Å². The van der Waals surface area contributed by atoms with E-state index in [1.807, 2.05) is 6.92 Å². The van der Waals surface area contributed by atoms with Crippen LogP contribution < -0.4 is 5.32 Å². The van der Waals surface area contributed by atoms with Crippen LogP contribution in [0, 0.1) is 12.7 Å². The summed E-state index contributed by atoms with van der Waals surface area (Å²) in [5.74, 6) is 0.729. The fourth-order valence-electron chi connectivity index (χ4n) is 2.51. The van der Waals surface area contributed by atoms with Crippen LogP contribution in [0.4, 0.5) is 16.0 Å². The van der Waals surface area contributed by atoms with Gasteiger partial charge in [-0.15, -0.1) is 0 Å². The zero-order chi connectivity index (χ0) is 17.4. The number of nitrogens with zero attached hydrogens (tertiary/aromatic N) is 5. The summed E-state index contributed by atoms with van der Waals surface area (Å²) >= 11 is 6.13. The molecule has 4 rings (SSSR count). The second-order valence-electron chi connectivity index (χ2n) is 5.41. The van der Waals surface area contributed by atoms with E-state index in [4.69, 9.17) is 11.6 Å². The molecule has 8 heteroatoms. The van der Waals surface area contributed by atoms with E-state index in [1.165, 1.54) is 17.1 Å². The van der Waals surface area contributed by atoms with Crippen molar-refractivity contribution >= 4 is 34.1 Å². The van der Waals surface area contributed by atoms with Crippen LogP contribution in [0.25, 0.3) is 16.6 Å². The maximum absolute atomic E-state index is 14.2. The smallest absolute Gasteiger partial charge is 0.150 e. The Morgan fingerprint density at radius 3 is 2.84 bits per heavy atom. The van der Waals surface area contributed by atoms with Crippen LogP contribution in [0.1, 0.15) is 5.69 Å². The van der Waals surface area contributed by atoms with Crippen LogP contribution in [-0.4, -0.2) is 24.7 Å². The molecule has 6 nitrogen and oxygen atoms in total. The molecule has 0 unspecified atom stereocenters. The molecule has 3 aromatic heterocycles. The van der Waals surface area contributed by atoms with Gasteiger partial charge in [-0.3, -0.25) is 0 Å². The summed E-state index contributed by atoms with van der Waals surface area (Å²) < 4.78 is 15.6. The van der Waals surface area contributed by atoms with Crippen LogP contribution in [0.3, 0.4) is 0 Å². The molecule has 0 fully saturated rings. The number of halogens is 2. The molecule has 0 atom stereocenters. The highest BCUT2D eigenvalue weighted by Gasteiger charge is 2.14.